The molecule has 1 rings (SSSR count). The van der Waals surface area contributed by atoms with E-state index in [1.54, 1.807) is 0 Å². The molecule has 2 nitrogen and oxygen atoms in total. The van der Waals surface area contributed by atoms with Crippen molar-refractivity contribution in [3.63, 3.8) is 0 Å². The zero-order chi connectivity index (χ0) is 15.7. The topological polar surface area (TPSA) is 26.3 Å². The van der Waals surface area contributed by atoms with E-state index >= 15 is 0 Å². The minimum Gasteiger partial charge on any atom is -0.465 e. The highest BCUT2D eigenvalue weighted by Crippen LogP contribution is 2.62. The zero-order valence-electron chi connectivity index (χ0n) is 14.0. The van der Waals surface area contributed by atoms with Crippen LogP contribution in [0.3, 0.4) is 0 Å². The molecule has 1 aromatic rings. The third-order valence-corrected chi connectivity index (χ3v) is 9.18. The number of ether oxygens (including phenoxy) is 1. The van der Waals surface area contributed by atoms with Crippen LogP contribution < -0.4 is 0 Å². The van der Waals surface area contributed by atoms with Gasteiger partial charge in [0, 0.05) is 7.26 Å². The van der Waals surface area contributed by atoms with Crippen LogP contribution in [-0.4, -0.2) is 31.6 Å². The monoisotopic (exact) mass is 309 g/mol. The summed E-state index contributed by atoms with van der Waals surface area (Å²) in [5.41, 5.74) is 1.99. The SMILES string of the molecule is CCC[P+](CCC)(CCC)Cc1cccc(C(=O)OC)c1. The Hall–Kier alpha value is -0.880. The van der Waals surface area contributed by atoms with E-state index in [0.29, 0.717) is 5.56 Å². The van der Waals surface area contributed by atoms with Gasteiger partial charge in [0.25, 0.3) is 0 Å². The number of methoxy groups -OCH3 is 1. The van der Waals surface area contributed by atoms with Crippen LogP contribution in [0.15, 0.2) is 24.3 Å². The summed E-state index contributed by atoms with van der Waals surface area (Å²) in [4.78, 5) is 11.7. The summed E-state index contributed by atoms with van der Waals surface area (Å²) in [6.45, 7) is 6.89. The van der Waals surface area contributed by atoms with Crippen molar-refractivity contribution in [3.05, 3.63) is 35.4 Å². The summed E-state index contributed by atoms with van der Waals surface area (Å²) in [6.07, 6.45) is 9.10. The van der Waals surface area contributed by atoms with Crippen molar-refractivity contribution in [2.24, 2.45) is 0 Å². The molecule has 21 heavy (non-hydrogen) atoms. The number of benzene rings is 1. The predicted molar refractivity (Wildman–Crippen MR) is 93.9 cm³/mol. The van der Waals surface area contributed by atoms with Crippen LogP contribution in [0.4, 0.5) is 0 Å². The van der Waals surface area contributed by atoms with Gasteiger partial charge in [-0.25, -0.2) is 4.79 Å². The maximum absolute atomic E-state index is 11.7. The molecule has 0 atom stereocenters. The van der Waals surface area contributed by atoms with Crippen LogP contribution in [-0.2, 0) is 10.9 Å². The molecule has 0 bridgehead atoms. The van der Waals surface area contributed by atoms with Gasteiger partial charge in [-0.15, -0.1) is 0 Å². The lowest BCUT2D eigenvalue weighted by Gasteiger charge is -2.27. The summed E-state index contributed by atoms with van der Waals surface area (Å²) in [5, 5.41) is 0. The van der Waals surface area contributed by atoms with Gasteiger partial charge in [0.15, 0.2) is 0 Å². The number of rotatable bonds is 9. The second-order valence-corrected chi connectivity index (χ2v) is 10.2. The average molecular weight is 309 g/mol. The van der Waals surface area contributed by atoms with E-state index < -0.39 is 7.26 Å². The quantitative estimate of drug-likeness (QED) is 0.462. The largest absolute Gasteiger partial charge is 0.465 e. The molecule has 0 fully saturated rings. The Morgan fingerprint density at radius 2 is 1.62 bits per heavy atom. The molecule has 3 heteroatoms. The van der Waals surface area contributed by atoms with Gasteiger partial charge >= 0.3 is 5.97 Å². The maximum atomic E-state index is 11.7. The summed E-state index contributed by atoms with van der Waals surface area (Å²) in [7, 11) is 0.513. The summed E-state index contributed by atoms with van der Waals surface area (Å²) < 4.78 is 4.83. The molecule has 0 aliphatic rings. The fraction of sp³-hybridized carbons (Fsp3) is 0.611. The van der Waals surface area contributed by atoms with E-state index in [1.165, 1.54) is 56.6 Å². The number of hydrogen-bond donors (Lipinski definition) is 0. The molecule has 0 amide bonds. The molecule has 0 aliphatic heterocycles. The first-order valence-electron chi connectivity index (χ1n) is 8.13. The molecular formula is C18H30O2P+. The lowest BCUT2D eigenvalue weighted by Crippen LogP contribution is -2.11. The first-order valence-corrected chi connectivity index (χ1v) is 10.7. The van der Waals surface area contributed by atoms with Gasteiger partial charge in [-0.05, 0) is 37.0 Å². The van der Waals surface area contributed by atoms with Gasteiger partial charge in [0.1, 0.15) is 0 Å². The summed E-state index contributed by atoms with van der Waals surface area (Å²) in [6, 6.07) is 8.03. The molecule has 118 valence electrons. The van der Waals surface area contributed by atoms with Gasteiger partial charge < -0.3 is 4.74 Å². The van der Waals surface area contributed by atoms with E-state index in [-0.39, 0.29) is 5.97 Å². The third-order valence-electron chi connectivity index (χ3n) is 3.96. The fourth-order valence-electron chi connectivity index (χ4n) is 3.30. The number of esters is 1. The number of hydrogen-bond acceptors (Lipinski definition) is 2. The van der Waals surface area contributed by atoms with Gasteiger partial charge in [-0.3, -0.25) is 0 Å². The molecule has 0 saturated heterocycles. The Morgan fingerprint density at radius 3 is 2.10 bits per heavy atom. The predicted octanol–water partition coefficient (Wildman–Crippen LogP) is 5.22. The van der Waals surface area contributed by atoms with Crippen molar-refractivity contribution in [2.45, 2.75) is 46.2 Å². The fourth-order valence-corrected chi connectivity index (χ4v) is 8.26. The summed E-state index contributed by atoms with van der Waals surface area (Å²) >= 11 is 0. The average Bonchev–Trinajstić information content (AvgIpc) is 2.47. The summed E-state index contributed by atoms with van der Waals surface area (Å²) in [5.74, 6) is -0.234. The molecule has 0 aliphatic carbocycles. The van der Waals surface area contributed by atoms with Gasteiger partial charge in [-0.1, -0.05) is 32.9 Å². The smallest absolute Gasteiger partial charge is 0.337 e. The molecule has 0 saturated carbocycles. The molecular weight excluding hydrogens is 279 g/mol. The van der Waals surface area contributed by atoms with Crippen molar-refractivity contribution in [2.75, 3.05) is 25.6 Å². The Labute approximate surface area is 130 Å². The Morgan fingerprint density at radius 1 is 1.05 bits per heavy atom. The standard InChI is InChI=1S/C18H30O2P/c1-5-11-21(12-6-2,13-7-3)15-16-9-8-10-17(14-16)18(19)20-4/h8-10,14H,5-7,11-13,15H2,1-4H3/q+1. The van der Waals surface area contributed by atoms with E-state index in [0.717, 1.165) is 0 Å². The van der Waals surface area contributed by atoms with Crippen LogP contribution in [0.25, 0.3) is 0 Å². The minimum absolute atomic E-state index is 0.234. The van der Waals surface area contributed by atoms with Gasteiger partial charge in [0.2, 0.25) is 0 Å². The van der Waals surface area contributed by atoms with Crippen LogP contribution in [0, 0.1) is 0 Å². The van der Waals surface area contributed by atoms with E-state index in [2.05, 4.69) is 26.8 Å². The first-order chi connectivity index (χ1) is 10.1. The third kappa shape index (κ3) is 5.43. The second kappa shape index (κ2) is 9.20. The van der Waals surface area contributed by atoms with Crippen molar-refractivity contribution < 1.29 is 9.53 Å². The zero-order valence-corrected chi connectivity index (χ0v) is 14.9. The molecule has 0 spiro atoms. The second-order valence-electron chi connectivity index (χ2n) is 5.86. The Bertz CT molecular complexity index is 426. The van der Waals surface area contributed by atoms with Crippen molar-refractivity contribution in [1.82, 2.24) is 0 Å². The molecule has 0 radical (unpaired) electrons. The van der Waals surface area contributed by atoms with Crippen molar-refractivity contribution in [3.8, 4) is 0 Å². The highest BCUT2D eigenvalue weighted by molar-refractivity contribution is 7.75. The van der Waals surface area contributed by atoms with Gasteiger partial charge in [0.05, 0.1) is 37.3 Å². The molecule has 0 unspecified atom stereocenters. The van der Waals surface area contributed by atoms with Crippen molar-refractivity contribution >= 4 is 13.2 Å². The van der Waals surface area contributed by atoms with Crippen LogP contribution in [0.1, 0.15) is 56.0 Å². The highest BCUT2D eigenvalue weighted by Gasteiger charge is 2.34. The molecule has 0 heterocycles. The molecule has 0 aromatic heterocycles. The lowest BCUT2D eigenvalue weighted by molar-refractivity contribution is 0.0600. The van der Waals surface area contributed by atoms with E-state index in [1.807, 2.05) is 18.2 Å². The van der Waals surface area contributed by atoms with Crippen molar-refractivity contribution in [1.29, 1.82) is 0 Å². The minimum atomic E-state index is -0.929. The van der Waals surface area contributed by atoms with E-state index in [9.17, 15) is 4.79 Å². The van der Waals surface area contributed by atoms with Crippen LogP contribution >= 0.6 is 7.26 Å². The maximum Gasteiger partial charge on any atom is 0.337 e. The van der Waals surface area contributed by atoms with Crippen LogP contribution in [0.2, 0.25) is 0 Å². The van der Waals surface area contributed by atoms with Gasteiger partial charge in [-0.2, -0.15) is 0 Å². The number of carbonyl (C=O) groups excluding carboxylic acids is 1. The Balaban J connectivity index is 2.98. The normalized spacial score (nSPS) is 11.4. The molecule has 0 N–H and O–H groups in total. The van der Waals surface area contributed by atoms with E-state index in [4.69, 9.17) is 4.74 Å². The lowest BCUT2D eigenvalue weighted by atomic mass is 10.1. The number of carbonyl (C=O) groups is 1. The highest BCUT2D eigenvalue weighted by atomic mass is 31.2. The molecule has 1 aromatic carbocycles. The Kier molecular flexibility index (Phi) is 7.96. The van der Waals surface area contributed by atoms with Crippen LogP contribution in [0.5, 0.6) is 0 Å². The first kappa shape index (κ1) is 18.2.